The molecule has 5 nitrogen and oxygen atoms in total. The molecule has 0 aliphatic rings. The smallest absolute Gasteiger partial charge is 0.137 e. The Kier molecular flexibility index (Phi) is 3.50. The molecule has 2 aromatic heterocycles. The van der Waals surface area contributed by atoms with Crippen LogP contribution < -0.4 is 4.74 Å². The van der Waals surface area contributed by atoms with E-state index in [1.54, 1.807) is 29.2 Å². The predicted molar refractivity (Wildman–Crippen MR) is 57.9 cm³/mol. The average molecular weight is 219 g/mol. The highest BCUT2D eigenvalue weighted by molar-refractivity contribution is 5.19. The van der Waals surface area contributed by atoms with Gasteiger partial charge in [-0.05, 0) is 18.2 Å². The third kappa shape index (κ3) is 2.80. The molecular weight excluding hydrogens is 206 g/mol. The van der Waals surface area contributed by atoms with Gasteiger partial charge in [0.15, 0.2) is 0 Å². The van der Waals surface area contributed by atoms with Crippen molar-refractivity contribution in [1.82, 2.24) is 14.8 Å². The number of aromatic nitrogens is 3. The Labute approximate surface area is 93.3 Å². The van der Waals surface area contributed by atoms with Crippen LogP contribution in [0.3, 0.4) is 0 Å². The van der Waals surface area contributed by atoms with Crippen LogP contribution >= 0.6 is 0 Å². The molecule has 0 spiro atoms. The number of hydrogen-bond donors (Lipinski definition) is 1. The molecule has 0 aliphatic carbocycles. The van der Waals surface area contributed by atoms with Gasteiger partial charge in [0.05, 0.1) is 25.0 Å². The molecule has 2 rings (SSSR count). The normalized spacial score (nSPS) is 10.3. The number of nitrogens with zero attached hydrogens (tertiary/aromatic N) is 3. The summed E-state index contributed by atoms with van der Waals surface area (Å²) in [6.45, 7) is 1.20. The van der Waals surface area contributed by atoms with Gasteiger partial charge < -0.3 is 9.84 Å². The Balaban J connectivity index is 1.81. The summed E-state index contributed by atoms with van der Waals surface area (Å²) in [6.07, 6.45) is 5.22. The van der Waals surface area contributed by atoms with Gasteiger partial charge in [0, 0.05) is 12.4 Å². The molecule has 16 heavy (non-hydrogen) atoms. The highest BCUT2D eigenvalue weighted by Crippen LogP contribution is 2.08. The van der Waals surface area contributed by atoms with E-state index in [1.165, 1.54) is 0 Å². The molecule has 2 heterocycles. The van der Waals surface area contributed by atoms with E-state index in [4.69, 9.17) is 9.84 Å². The van der Waals surface area contributed by atoms with Crippen LogP contribution in [0.1, 0.15) is 5.69 Å². The van der Waals surface area contributed by atoms with E-state index in [9.17, 15) is 0 Å². The largest absolute Gasteiger partial charge is 0.490 e. The quantitative estimate of drug-likeness (QED) is 0.809. The number of aliphatic hydroxyl groups is 1. The lowest BCUT2D eigenvalue weighted by molar-refractivity contribution is 0.274. The van der Waals surface area contributed by atoms with Gasteiger partial charge >= 0.3 is 0 Å². The van der Waals surface area contributed by atoms with Crippen molar-refractivity contribution in [3.63, 3.8) is 0 Å². The summed E-state index contributed by atoms with van der Waals surface area (Å²) in [5, 5.41) is 12.9. The molecule has 0 saturated heterocycles. The zero-order valence-electron chi connectivity index (χ0n) is 8.78. The van der Waals surface area contributed by atoms with Gasteiger partial charge in [0.2, 0.25) is 0 Å². The van der Waals surface area contributed by atoms with Crippen molar-refractivity contribution in [2.45, 2.75) is 13.2 Å². The first-order chi connectivity index (χ1) is 7.88. The molecule has 0 amide bonds. The molecular formula is C11H13N3O2. The van der Waals surface area contributed by atoms with E-state index >= 15 is 0 Å². The fraction of sp³-hybridized carbons (Fsp3) is 0.273. The number of hydrogen-bond acceptors (Lipinski definition) is 4. The second-order valence-electron chi connectivity index (χ2n) is 3.26. The minimum atomic E-state index is -0.0480. The van der Waals surface area contributed by atoms with Gasteiger partial charge in [-0.25, -0.2) is 0 Å². The van der Waals surface area contributed by atoms with E-state index < -0.39 is 0 Å². The highest BCUT2D eigenvalue weighted by atomic mass is 16.5. The van der Waals surface area contributed by atoms with Gasteiger partial charge in [0.1, 0.15) is 12.4 Å². The molecule has 0 radical (unpaired) electrons. The van der Waals surface area contributed by atoms with Crippen molar-refractivity contribution in [3.05, 3.63) is 42.5 Å². The van der Waals surface area contributed by atoms with Crippen LogP contribution in [0.4, 0.5) is 0 Å². The zero-order valence-corrected chi connectivity index (χ0v) is 8.78. The second kappa shape index (κ2) is 5.27. The first-order valence-electron chi connectivity index (χ1n) is 5.04. The summed E-state index contributed by atoms with van der Waals surface area (Å²) >= 11 is 0. The maximum Gasteiger partial charge on any atom is 0.137 e. The molecule has 84 valence electrons. The van der Waals surface area contributed by atoms with Gasteiger partial charge in [-0.1, -0.05) is 0 Å². The lowest BCUT2D eigenvalue weighted by Gasteiger charge is -2.06. The van der Waals surface area contributed by atoms with Crippen LogP contribution in [0.15, 0.2) is 36.8 Å². The monoisotopic (exact) mass is 219 g/mol. The fourth-order valence-corrected chi connectivity index (χ4v) is 1.28. The van der Waals surface area contributed by atoms with E-state index in [1.807, 2.05) is 12.3 Å². The second-order valence-corrected chi connectivity index (χ2v) is 3.26. The maximum atomic E-state index is 8.81. The first kappa shape index (κ1) is 10.6. The summed E-state index contributed by atoms with van der Waals surface area (Å²) in [6, 6.07) is 5.41. The lowest BCUT2D eigenvalue weighted by Crippen LogP contribution is -2.08. The van der Waals surface area contributed by atoms with Gasteiger partial charge in [-0.2, -0.15) is 5.10 Å². The van der Waals surface area contributed by atoms with Crippen molar-refractivity contribution < 1.29 is 9.84 Å². The number of pyridine rings is 1. The van der Waals surface area contributed by atoms with Crippen LogP contribution in [0, 0.1) is 0 Å². The third-order valence-electron chi connectivity index (χ3n) is 2.11. The van der Waals surface area contributed by atoms with Crippen LogP contribution in [0.5, 0.6) is 5.75 Å². The van der Waals surface area contributed by atoms with Crippen molar-refractivity contribution in [2.75, 3.05) is 6.61 Å². The summed E-state index contributed by atoms with van der Waals surface area (Å²) in [5.74, 6) is 0.698. The van der Waals surface area contributed by atoms with Crippen LogP contribution in [-0.2, 0) is 13.2 Å². The highest BCUT2D eigenvalue weighted by Gasteiger charge is 1.96. The molecule has 0 aromatic carbocycles. The first-order valence-corrected chi connectivity index (χ1v) is 5.04. The maximum absolute atomic E-state index is 8.81. The van der Waals surface area contributed by atoms with E-state index in [-0.39, 0.29) is 6.61 Å². The van der Waals surface area contributed by atoms with Crippen molar-refractivity contribution in [1.29, 1.82) is 0 Å². The molecule has 0 aliphatic heterocycles. The lowest BCUT2D eigenvalue weighted by atomic mass is 10.3. The molecule has 1 N–H and O–H groups in total. The number of ether oxygens (including phenoxy) is 1. The number of rotatable bonds is 5. The predicted octanol–water partition coefficient (Wildman–Crippen LogP) is 0.849. The summed E-state index contributed by atoms with van der Waals surface area (Å²) in [7, 11) is 0. The third-order valence-corrected chi connectivity index (χ3v) is 2.11. The van der Waals surface area contributed by atoms with Gasteiger partial charge in [-0.15, -0.1) is 0 Å². The standard InChI is InChI=1S/C11H13N3O2/c15-9-10-2-3-11(8-12-10)16-7-6-14-5-1-4-13-14/h1-5,8,15H,6-7,9H2. The SMILES string of the molecule is OCc1ccc(OCCn2cccn2)cn1. The molecule has 0 atom stereocenters. The average Bonchev–Trinajstić information content (AvgIpc) is 2.83. The molecule has 0 bridgehead atoms. The Bertz CT molecular complexity index is 411. The minimum absolute atomic E-state index is 0.0480. The fourth-order valence-electron chi connectivity index (χ4n) is 1.28. The summed E-state index contributed by atoms with van der Waals surface area (Å²) < 4.78 is 7.27. The Morgan fingerprint density at radius 3 is 2.94 bits per heavy atom. The zero-order chi connectivity index (χ0) is 11.2. The molecule has 0 unspecified atom stereocenters. The van der Waals surface area contributed by atoms with E-state index in [2.05, 4.69) is 10.1 Å². The summed E-state index contributed by atoms with van der Waals surface area (Å²) in [4.78, 5) is 4.02. The summed E-state index contributed by atoms with van der Waals surface area (Å²) in [5.41, 5.74) is 0.638. The van der Waals surface area contributed by atoms with Gasteiger partial charge in [-0.3, -0.25) is 9.67 Å². The van der Waals surface area contributed by atoms with Crippen LogP contribution in [-0.4, -0.2) is 26.5 Å². The van der Waals surface area contributed by atoms with Crippen molar-refractivity contribution >= 4 is 0 Å². The van der Waals surface area contributed by atoms with E-state index in [0.29, 0.717) is 24.6 Å². The van der Waals surface area contributed by atoms with Crippen molar-refractivity contribution in [3.8, 4) is 5.75 Å². The Hall–Kier alpha value is -1.88. The molecule has 5 heteroatoms. The molecule has 2 aromatic rings. The topological polar surface area (TPSA) is 60.2 Å². The molecule has 0 fully saturated rings. The minimum Gasteiger partial charge on any atom is -0.490 e. The van der Waals surface area contributed by atoms with Gasteiger partial charge in [0.25, 0.3) is 0 Å². The Morgan fingerprint density at radius 1 is 1.38 bits per heavy atom. The molecule has 0 saturated carbocycles. The van der Waals surface area contributed by atoms with Crippen molar-refractivity contribution in [2.24, 2.45) is 0 Å². The van der Waals surface area contributed by atoms with Crippen LogP contribution in [0.25, 0.3) is 0 Å². The number of aliphatic hydroxyl groups excluding tert-OH is 1. The van der Waals surface area contributed by atoms with Crippen LogP contribution in [0.2, 0.25) is 0 Å². The Morgan fingerprint density at radius 2 is 2.31 bits per heavy atom. The van der Waals surface area contributed by atoms with E-state index in [0.717, 1.165) is 0 Å².